The number of carboxylic acid groups (broad SMARTS) is 1. The van der Waals surface area contributed by atoms with Crippen molar-refractivity contribution in [3.8, 4) is 0 Å². The van der Waals surface area contributed by atoms with Gasteiger partial charge in [-0.05, 0) is 32.1 Å². The quantitative estimate of drug-likeness (QED) is 0.821. The van der Waals surface area contributed by atoms with Crippen LogP contribution in [0.5, 0.6) is 0 Å². The molecule has 5 nitrogen and oxygen atoms in total. The molecule has 0 spiro atoms. The second kappa shape index (κ2) is 5.90. The Morgan fingerprint density at radius 3 is 2.63 bits per heavy atom. The van der Waals surface area contributed by atoms with Crippen LogP contribution in [-0.4, -0.2) is 48.7 Å². The number of nitrogens with zero attached hydrogens (tertiary/aromatic N) is 1. The molecular formula is C14H23NO4. The third-order valence-corrected chi connectivity index (χ3v) is 4.61. The van der Waals surface area contributed by atoms with Crippen molar-refractivity contribution in [3.05, 3.63) is 0 Å². The van der Waals surface area contributed by atoms with Crippen LogP contribution in [0.2, 0.25) is 0 Å². The van der Waals surface area contributed by atoms with E-state index in [-0.39, 0.29) is 11.3 Å². The summed E-state index contributed by atoms with van der Waals surface area (Å²) in [7, 11) is 1.65. The summed E-state index contributed by atoms with van der Waals surface area (Å²) in [5.74, 6) is -1.02. The first-order valence-corrected chi connectivity index (χ1v) is 7.10. The highest BCUT2D eigenvalue weighted by Gasteiger charge is 2.46. The first-order chi connectivity index (χ1) is 9.09. The lowest BCUT2D eigenvalue weighted by molar-refractivity contribution is -0.154. The normalized spacial score (nSPS) is 25.7. The van der Waals surface area contributed by atoms with Crippen molar-refractivity contribution >= 4 is 11.9 Å². The van der Waals surface area contributed by atoms with Gasteiger partial charge in [0.1, 0.15) is 0 Å². The minimum Gasteiger partial charge on any atom is -0.481 e. The molecule has 1 aliphatic heterocycles. The van der Waals surface area contributed by atoms with Crippen molar-refractivity contribution in [2.45, 2.75) is 38.5 Å². The molecule has 2 fully saturated rings. The lowest BCUT2D eigenvalue weighted by Crippen LogP contribution is -2.52. The van der Waals surface area contributed by atoms with Gasteiger partial charge < -0.3 is 14.7 Å². The molecule has 1 heterocycles. The number of carbonyl (C=O) groups excluding carboxylic acids is 1. The lowest BCUT2D eigenvalue weighted by Gasteiger charge is -2.45. The van der Waals surface area contributed by atoms with Gasteiger partial charge in [0.05, 0.1) is 11.3 Å². The van der Waals surface area contributed by atoms with Gasteiger partial charge in [-0.3, -0.25) is 9.59 Å². The van der Waals surface area contributed by atoms with Gasteiger partial charge in [-0.25, -0.2) is 0 Å². The number of hydrogen-bond donors (Lipinski definition) is 1. The Labute approximate surface area is 113 Å². The largest absolute Gasteiger partial charge is 0.481 e. The smallest absolute Gasteiger partial charge is 0.308 e. The highest BCUT2D eigenvalue weighted by molar-refractivity contribution is 5.84. The van der Waals surface area contributed by atoms with Crippen LogP contribution in [0, 0.1) is 11.3 Å². The SMILES string of the molecule is COCCC1(C(=O)N2CCC[C@H](C(=O)O)C2)CCC1. The van der Waals surface area contributed by atoms with Gasteiger partial charge in [0.15, 0.2) is 0 Å². The van der Waals surface area contributed by atoms with E-state index in [0.29, 0.717) is 26.1 Å². The molecule has 1 N–H and O–H groups in total. The van der Waals surface area contributed by atoms with E-state index in [0.717, 1.165) is 32.1 Å². The van der Waals surface area contributed by atoms with Crippen LogP contribution >= 0.6 is 0 Å². The molecule has 1 saturated carbocycles. The third-order valence-electron chi connectivity index (χ3n) is 4.61. The minimum absolute atomic E-state index is 0.154. The standard InChI is InChI=1S/C14H23NO4/c1-19-9-7-14(5-3-6-14)13(18)15-8-2-4-11(10-15)12(16)17/h11H,2-10H2,1H3,(H,16,17)/t11-/m0/s1. The number of piperidine rings is 1. The molecule has 19 heavy (non-hydrogen) atoms. The van der Waals surface area contributed by atoms with Gasteiger partial charge in [-0.2, -0.15) is 0 Å². The monoisotopic (exact) mass is 269 g/mol. The van der Waals surface area contributed by atoms with Crippen LogP contribution in [0.1, 0.15) is 38.5 Å². The number of carbonyl (C=O) groups is 2. The zero-order chi connectivity index (χ0) is 13.9. The Morgan fingerprint density at radius 1 is 1.37 bits per heavy atom. The summed E-state index contributed by atoms with van der Waals surface area (Å²) in [5, 5.41) is 9.10. The van der Waals surface area contributed by atoms with Gasteiger partial charge >= 0.3 is 5.97 Å². The maximum absolute atomic E-state index is 12.7. The number of hydrogen-bond acceptors (Lipinski definition) is 3. The molecule has 2 aliphatic rings. The number of aliphatic carboxylic acids is 1. The second-order valence-electron chi connectivity index (χ2n) is 5.81. The number of methoxy groups -OCH3 is 1. The predicted molar refractivity (Wildman–Crippen MR) is 69.7 cm³/mol. The first kappa shape index (κ1) is 14.3. The Bertz CT molecular complexity index is 351. The van der Waals surface area contributed by atoms with E-state index in [2.05, 4.69) is 0 Å². The number of carboxylic acids is 1. The summed E-state index contributed by atoms with van der Waals surface area (Å²) in [5.41, 5.74) is -0.267. The second-order valence-corrected chi connectivity index (χ2v) is 5.81. The summed E-state index contributed by atoms with van der Waals surface area (Å²) in [6.07, 6.45) is 5.17. The van der Waals surface area contributed by atoms with Crippen LogP contribution < -0.4 is 0 Å². The predicted octanol–water partition coefficient (Wildman–Crippen LogP) is 1.52. The molecule has 0 radical (unpaired) electrons. The number of likely N-dealkylation sites (tertiary alicyclic amines) is 1. The molecule has 108 valence electrons. The Hall–Kier alpha value is -1.10. The van der Waals surface area contributed by atoms with Crippen molar-refractivity contribution in [2.24, 2.45) is 11.3 Å². The molecule has 0 aromatic carbocycles. The molecule has 2 rings (SSSR count). The van der Waals surface area contributed by atoms with Gasteiger partial charge in [0, 0.05) is 26.8 Å². The first-order valence-electron chi connectivity index (χ1n) is 7.10. The number of amides is 1. The van der Waals surface area contributed by atoms with E-state index in [1.54, 1.807) is 12.0 Å². The van der Waals surface area contributed by atoms with E-state index in [1.165, 1.54) is 0 Å². The third kappa shape index (κ3) is 2.91. The fraction of sp³-hybridized carbons (Fsp3) is 0.857. The molecule has 0 bridgehead atoms. The average Bonchev–Trinajstić information content (AvgIpc) is 2.37. The molecule has 5 heteroatoms. The van der Waals surface area contributed by atoms with Gasteiger partial charge in [-0.15, -0.1) is 0 Å². The molecule has 1 atom stereocenters. The van der Waals surface area contributed by atoms with E-state index in [4.69, 9.17) is 9.84 Å². The minimum atomic E-state index is -0.781. The van der Waals surface area contributed by atoms with Gasteiger partial charge in [-0.1, -0.05) is 6.42 Å². The van der Waals surface area contributed by atoms with E-state index in [1.807, 2.05) is 0 Å². The van der Waals surface area contributed by atoms with Crippen molar-refractivity contribution < 1.29 is 19.4 Å². The number of rotatable bonds is 5. The van der Waals surface area contributed by atoms with Crippen LogP contribution in [0.15, 0.2) is 0 Å². The molecule has 1 amide bonds. The summed E-state index contributed by atoms with van der Waals surface area (Å²) in [4.78, 5) is 25.5. The fourth-order valence-corrected chi connectivity index (χ4v) is 3.17. The highest BCUT2D eigenvalue weighted by atomic mass is 16.5. The summed E-state index contributed by atoms with van der Waals surface area (Å²) in [6.45, 7) is 1.68. The van der Waals surface area contributed by atoms with Crippen molar-refractivity contribution in [1.82, 2.24) is 4.90 Å². The zero-order valence-electron chi connectivity index (χ0n) is 11.6. The Kier molecular flexibility index (Phi) is 4.45. The van der Waals surface area contributed by atoms with E-state index in [9.17, 15) is 9.59 Å². The van der Waals surface area contributed by atoms with Gasteiger partial charge in [0.2, 0.25) is 5.91 Å². The zero-order valence-corrected chi connectivity index (χ0v) is 11.6. The van der Waals surface area contributed by atoms with E-state index < -0.39 is 11.9 Å². The van der Waals surface area contributed by atoms with Crippen LogP contribution in [0.3, 0.4) is 0 Å². The lowest BCUT2D eigenvalue weighted by atomic mass is 9.65. The molecule has 0 unspecified atom stereocenters. The summed E-state index contributed by atoms with van der Waals surface area (Å²) < 4.78 is 5.11. The van der Waals surface area contributed by atoms with Crippen LogP contribution in [0.4, 0.5) is 0 Å². The average molecular weight is 269 g/mol. The topological polar surface area (TPSA) is 66.8 Å². The maximum Gasteiger partial charge on any atom is 0.308 e. The van der Waals surface area contributed by atoms with E-state index >= 15 is 0 Å². The van der Waals surface area contributed by atoms with Crippen LogP contribution in [0.25, 0.3) is 0 Å². The summed E-state index contributed by atoms with van der Waals surface area (Å²) >= 11 is 0. The maximum atomic E-state index is 12.7. The molecular weight excluding hydrogens is 246 g/mol. The van der Waals surface area contributed by atoms with Crippen LogP contribution in [-0.2, 0) is 14.3 Å². The van der Waals surface area contributed by atoms with Gasteiger partial charge in [0.25, 0.3) is 0 Å². The van der Waals surface area contributed by atoms with Crippen molar-refractivity contribution in [1.29, 1.82) is 0 Å². The molecule has 1 aliphatic carbocycles. The Morgan fingerprint density at radius 2 is 2.11 bits per heavy atom. The summed E-state index contributed by atoms with van der Waals surface area (Å²) in [6, 6.07) is 0. The van der Waals surface area contributed by atoms with Crippen molar-refractivity contribution in [3.63, 3.8) is 0 Å². The molecule has 0 aromatic heterocycles. The highest BCUT2D eigenvalue weighted by Crippen LogP contribution is 2.46. The number of ether oxygens (including phenoxy) is 1. The molecule has 1 saturated heterocycles. The molecule has 0 aromatic rings. The Balaban J connectivity index is 1.99. The fourth-order valence-electron chi connectivity index (χ4n) is 3.17. The van der Waals surface area contributed by atoms with Crippen molar-refractivity contribution in [2.75, 3.05) is 26.8 Å².